The molecule has 22 heavy (non-hydrogen) atoms. The van der Waals surface area contributed by atoms with Crippen molar-refractivity contribution < 1.29 is 28.4 Å². The van der Waals surface area contributed by atoms with Crippen LogP contribution in [0.25, 0.3) is 0 Å². The molecule has 0 aromatic rings. The van der Waals surface area contributed by atoms with Crippen LogP contribution in [0.5, 0.6) is 0 Å². The van der Waals surface area contributed by atoms with Crippen LogP contribution in [0.15, 0.2) is 36.8 Å². The third-order valence-electron chi connectivity index (χ3n) is 2.55. The van der Waals surface area contributed by atoms with Crippen molar-refractivity contribution in [1.29, 1.82) is 0 Å². The zero-order chi connectivity index (χ0) is 15.7. The van der Waals surface area contributed by atoms with Crippen molar-refractivity contribution in [3.63, 3.8) is 0 Å². The molecule has 0 atom stereocenters. The quantitative estimate of drug-likeness (QED) is 0.723. The second-order valence-electron chi connectivity index (χ2n) is 4.28. The molecule has 0 saturated carbocycles. The molecule has 126 valence electrons. The highest BCUT2D eigenvalue weighted by molar-refractivity contribution is 5.14. The lowest BCUT2D eigenvalue weighted by Crippen LogP contribution is -2.14. The smallest absolute Gasteiger partial charge is 0.153 e. The van der Waals surface area contributed by atoms with Crippen LogP contribution in [0.2, 0.25) is 0 Å². The van der Waals surface area contributed by atoms with Crippen LogP contribution in [0.1, 0.15) is 0 Å². The van der Waals surface area contributed by atoms with E-state index >= 15 is 0 Å². The van der Waals surface area contributed by atoms with Gasteiger partial charge in [-0.3, -0.25) is 0 Å². The van der Waals surface area contributed by atoms with Crippen LogP contribution in [0, 0.1) is 0 Å². The second kappa shape index (κ2) is 14.6. The summed E-state index contributed by atoms with van der Waals surface area (Å²) < 4.78 is 32.5. The average molecular weight is 314 g/mol. The number of allylic oxidation sites excluding steroid dienone is 3. The second-order valence-corrected chi connectivity index (χ2v) is 4.28. The fraction of sp³-hybridized carbons (Fsp3) is 0.625. The standard InChI is InChI=1S/C16H26O6/c1-2-3-4-16-15-21-12-11-19-8-7-17-5-6-18-9-10-20-13-14-22-16/h2-4,15H,1,5-14H2/b4-3-,16-15-. The molecule has 1 aliphatic rings. The van der Waals surface area contributed by atoms with Gasteiger partial charge >= 0.3 is 0 Å². The van der Waals surface area contributed by atoms with Crippen LogP contribution in [-0.2, 0) is 28.4 Å². The van der Waals surface area contributed by atoms with Crippen LogP contribution >= 0.6 is 0 Å². The molecule has 0 aliphatic carbocycles. The van der Waals surface area contributed by atoms with Gasteiger partial charge in [-0.25, -0.2) is 0 Å². The van der Waals surface area contributed by atoms with Gasteiger partial charge in [0.1, 0.15) is 19.5 Å². The highest BCUT2D eigenvalue weighted by atomic mass is 16.6. The maximum absolute atomic E-state index is 5.56. The maximum atomic E-state index is 5.56. The van der Waals surface area contributed by atoms with Crippen LogP contribution in [-0.4, -0.2) is 66.1 Å². The molecule has 6 heteroatoms. The van der Waals surface area contributed by atoms with Gasteiger partial charge in [-0.15, -0.1) is 0 Å². The molecule has 1 rings (SSSR count). The molecule has 1 aliphatic heterocycles. The van der Waals surface area contributed by atoms with E-state index in [1.54, 1.807) is 24.5 Å². The van der Waals surface area contributed by atoms with Gasteiger partial charge < -0.3 is 28.4 Å². The predicted octanol–water partition coefficient (Wildman–Crippen LogP) is 1.68. The first-order valence-electron chi connectivity index (χ1n) is 7.48. The van der Waals surface area contributed by atoms with Crippen molar-refractivity contribution in [2.75, 3.05) is 66.1 Å². The summed E-state index contributed by atoms with van der Waals surface area (Å²) in [6.45, 7) is 8.78. The van der Waals surface area contributed by atoms with Crippen molar-refractivity contribution in [3.8, 4) is 0 Å². The van der Waals surface area contributed by atoms with E-state index < -0.39 is 0 Å². The predicted molar refractivity (Wildman–Crippen MR) is 82.6 cm³/mol. The Kier molecular flexibility index (Phi) is 12.4. The normalized spacial score (nSPS) is 23.4. The van der Waals surface area contributed by atoms with Gasteiger partial charge in [0.25, 0.3) is 0 Å². The first kappa shape index (κ1) is 18.7. The molecule has 0 aromatic carbocycles. The van der Waals surface area contributed by atoms with Gasteiger partial charge in [-0.1, -0.05) is 18.7 Å². The average Bonchev–Trinajstić information content (AvgIpc) is 2.53. The zero-order valence-corrected chi connectivity index (χ0v) is 13.0. The van der Waals surface area contributed by atoms with E-state index in [0.717, 1.165) is 0 Å². The van der Waals surface area contributed by atoms with E-state index in [2.05, 4.69) is 6.58 Å². The minimum Gasteiger partial charge on any atom is -0.495 e. The number of hydrogen-bond donors (Lipinski definition) is 0. The fourth-order valence-electron chi connectivity index (χ4n) is 1.51. The lowest BCUT2D eigenvalue weighted by atomic mass is 10.4. The number of ether oxygens (including phenoxy) is 6. The summed E-state index contributed by atoms with van der Waals surface area (Å²) in [5.74, 6) is 0.615. The summed E-state index contributed by atoms with van der Waals surface area (Å²) in [7, 11) is 0. The molecular weight excluding hydrogens is 288 g/mol. The first-order chi connectivity index (χ1) is 10.9. The van der Waals surface area contributed by atoms with Gasteiger partial charge in [-0.05, 0) is 6.08 Å². The Balaban J connectivity index is 2.35. The van der Waals surface area contributed by atoms with E-state index in [1.165, 1.54) is 0 Å². The minimum absolute atomic E-state index is 0.441. The Hall–Kier alpha value is -1.34. The molecule has 0 unspecified atom stereocenters. The Morgan fingerprint density at radius 3 is 1.77 bits per heavy atom. The molecule has 0 N–H and O–H groups in total. The highest BCUT2D eigenvalue weighted by Gasteiger charge is 1.97. The molecule has 0 fully saturated rings. The molecule has 0 saturated heterocycles. The summed E-state index contributed by atoms with van der Waals surface area (Å²) in [6.07, 6.45) is 6.80. The SMILES string of the molecule is C=C/C=C\C1=C\OCCOCCOCCOCCOCCO1. The van der Waals surface area contributed by atoms with Crippen molar-refractivity contribution in [1.82, 2.24) is 0 Å². The molecular formula is C16H26O6. The van der Waals surface area contributed by atoms with Crippen molar-refractivity contribution >= 4 is 0 Å². The van der Waals surface area contributed by atoms with Crippen molar-refractivity contribution in [3.05, 3.63) is 36.8 Å². The topological polar surface area (TPSA) is 55.4 Å². The molecule has 0 aromatic heterocycles. The van der Waals surface area contributed by atoms with Crippen LogP contribution < -0.4 is 0 Å². The first-order valence-corrected chi connectivity index (χ1v) is 7.48. The molecule has 0 spiro atoms. The molecule has 1 heterocycles. The van der Waals surface area contributed by atoms with Gasteiger partial charge in [-0.2, -0.15) is 0 Å². The van der Waals surface area contributed by atoms with Gasteiger partial charge in [0.05, 0.1) is 52.9 Å². The maximum Gasteiger partial charge on any atom is 0.153 e. The lowest BCUT2D eigenvalue weighted by molar-refractivity contribution is -0.0128. The Labute approximate surface area is 132 Å². The zero-order valence-electron chi connectivity index (χ0n) is 13.0. The minimum atomic E-state index is 0.441. The lowest BCUT2D eigenvalue weighted by Gasteiger charge is -2.10. The van der Waals surface area contributed by atoms with E-state index in [-0.39, 0.29) is 0 Å². The Morgan fingerprint density at radius 2 is 1.23 bits per heavy atom. The van der Waals surface area contributed by atoms with Crippen molar-refractivity contribution in [2.24, 2.45) is 0 Å². The fourth-order valence-corrected chi connectivity index (χ4v) is 1.51. The van der Waals surface area contributed by atoms with Crippen LogP contribution in [0.4, 0.5) is 0 Å². The summed E-state index contributed by atoms with van der Waals surface area (Å²) in [5, 5.41) is 0. The third-order valence-corrected chi connectivity index (χ3v) is 2.55. The van der Waals surface area contributed by atoms with E-state index in [9.17, 15) is 0 Å². The third kappa shape index (κ3) is 11.3. The van der Waals surface area contributed by atoms with Crippen molar-refractivity contribution in [2.45, 2.75) is 0 Å². The Morgan fingerprint density at radius 1 is 0.727 bits per heavy atom. The number of rotatable bonds is 2. The monoisotopic (exact) mass is 314 g/mol. The summed E-state index contributed by atoms with van der Waals surface area (Å²) in [5.41, 5.74) is 0. The van der Waals surface area contributed by atoms with Gasteiger partial charge in [0.15, 0.2) is 5.76 Å². The summed E-state index contributed by atoms with van der Waals surface area (Å²) in [4.78, 5) is 0. The largest absolute Gasteiger partial charge is 0.495 e. The summed E-state index contributed by atoms with van der Waals surface area (Å²) >= 11 is 0. The van der Waals surface area contributed by atoms with Gasteiger partial charge in [0, 0.05) is 0 Å². The molecule has 0 bridgehead atoms. The molecule has 0 radical (unpaired) electrons. The molecule has 6 nitrogen and oxygen atoms in total. The Bertz CT molecular complexity index is 327. The van der Waals surface area contributed by atoms with E-state index in [0.29, 0.717) is 71.8 Å². The molecule has 0 amide bonds. The number of hydrogen-bond acceptors (Lipinski definition) is 6. The highest BCUT2D eigenvalue weighted by Crippen LogP contribution is 2.01. The summed E-state index contributed by atoms with van der Waals surface area (Å²) in [6, 6.07) is 0. The van der Waals surface area contributed by atoms with Gasteiger partial charge in [0.2, 0.25) is 0 Å². The van der Waals surface area contributed by atoms with E-state index in [4.69, 9.17) is 28.4 Å². The van der Waals surface area contributed by atoms with E-state index in [1.807, 2.05) is 0 Å². The van der Waals surface area contributed by atoms with Crippen LogP contribution in [0.3, 0.4) is 0 Å².